The number of imide groups is 1. The highest BCUT2D eigenvalue weighted by molar-refractivity contribution is 6.12. The molecule has 0 fully saturated rings. The van der Waals surface area contributed by atoms with Gasteiger partial charge in [0.05, 0.1) is 13.1 Å². The summed E-state index contributed by atoms with van der Waals surface area (Å²) in [7, 11) is 0. The van der Waals surface area contributed by atoms with Crippen molar-refractivity contribution in [2.75, 3.05) is 39.5 Å². The van der Waals surface area contributed by atoms with Gasteiger partial charge in [-0.3, -0.25) is 38.5 Å². The molecule has 0 aliphatic carbocycles. The van der Waals surface area contributed by atoms with Crippen molar-refractivity contribution in [3.63, 3.8) is 0 Å². The van der Waals surface area contributed by atoms with Gasteiger partial charge in [0.1, 0.15) is 25.9 Å². The summed E-state index contributed by atoms with van der Waals surface area (Å²) in [6.07, 6.45) is 4.13. The van der Waals surface area contributed by atoms with E-state index >= 15 is 0 Å². The average molecular weight is 617 g/mol. The molecule has 0 saturated carbocycles. The van der Waals surface area contributed by atoms with Crippen LogP contribution >= 0.6 is 0 Å². The minimum absolute atomic E-state index is 0.00510. The first-order valence-corrected chi connectivity index (χ1v) is 13.7. The first kappa shape index (κ1) is 35.1. The molecule has 1 aromatic rings. The Bertz CT molecular complexity index is 1230. The predicted molar refractivity (Wildman–Crippen MR) is 152 cm³/mol. The molecule has 0 saturated heterocycles. The number of aliphatic carboxylic acids is 1. The molecule has 7 amide bonds. The fraction of sp³-hybridized carbons (Fsp3) is 0.429. The SMILES string of the molecule is NC(=O)CN(COCC(=O)O)C(=O)[C@H](Cc1ccccc1)NC(=O)CNC(=O)CNC(=O)CCCCCN1C(=O)C=CC1=O. The van der Waals surface area contributed by atoms with Crippen LogP contribution in [0.2, 0.25) is 0 Å². The Labute approximate surface area is 252 Å². The van der Waals surface area contributed by atoms with E-state index in [0.717, 1.165) is 9.80 Å². The molecule has 16 heteroatoms. The second-order valence-electron chi connectivity index (χ2n) is 9.71. The lowest BCUT2D eigenvalue weighted by Gasteiger charge is -2.27. The number of hydrogen-bond donors (Lipinski definition) is 5. The maximum absolute atomic E-state index is 13.2. The molecule has 1 aliphatic rings. The highest BCUT2D eigenvalue weighted by Crippen LogP contribution is 2.08. The molecule has 0 bridgehead atoms. The molecule has 0 aromatic heterocycles. The Balaban J connectivity index is 1.80. The van der Waals surface area contributed by atoms with Gasteiger partial charge in [0, 0.05) is 31.5 Å². The molecule has 0 spiro atoms. The number of unbranched alkanes of at least 4 members (excludes halogenated alkanes) is 2. The number of nitrogens with two attached hydrogens (primary N) is 1. The molecule has 0 unspecified atom stereocenters. The predicted octanol–water partition coefficient (Wildman–Crippen LogP) is -2.20. The number of hydrogen-bond acceptors (Lipinski definition) is 9. The first-order chi connectivity index (χ1) is 21.0. The summed E-state index contributed by atoms with van der Waals surface area (Å²) in [5, 5.41) is 16.1. The standard InChI is InChI=1S/C28H36N6O10/c29-21(35)16-33(18-44-17-27(41)42)28(43)20(13-19-7-3-1-4-8-19)32-24(38)15-31-23(37)14-30-22(36)9-5-2-6-12-34-25(39)10-11-26(34)40/h1,3-4,7-8,10-11,20H,2,5-6,9,12-18H2,(H2,29,35)(H,30,36)(H,31,37)(H,32,38)(H,41,42)/t20-/m0/s1. The van der Waals surface area contributed by atoms with Crippen LogP contribution in [0.15, 0.2) is 42.5 Å². The van der Waals surface area contributed by atoms with Crippen molar-refractivity contribution in [1.82, 2.24) is 25.8 Å². The van der Waals surface area contributed by atoms with E-state index in [2.05, 4.69) is 16.0 Å². The Kier molecular flexibility index (Phi) is 14.7. The third-order valence-corrected chi connectivity index (χ3v) is 6.13. The molecule has 2 rings (SSSR count). The summed E-state index contributed by atoms with van der Waals surface area (Å²) < 4.78 is 4.94. The van der Waals surface area contributed by atoms with Gasteiger partial charge in [-0.05, 0) is 18.4 Å². The van der Waals surface area contributed by atoms with Gasteiger partial charge in [-0.2, -0.15) is 0 Å². The summed E-state index contributed by atoms with van der Waals surface area (Å²) in [4.78, 5) is 97.4. The smallest absolute Gasteiger partial charge is 0.329 e. The highest BCUT2D eigenvalue weighted by Gasteiger charge is 2.28. The van der Waals surface area contributed by atoms with Crippen molar-refractivity contribution in [1.29, 1.82) is 0 Å². The van der Waals surface area contributed by atoms with E-state index in [4.69, 9.17) is 15.6 Å². The zero-order valence-electron chi connectivity index (χ0n) is 24.0. The van der Waals surface area contributed by atoms with E-state index in [1.807, 2.05) is 0 Å². The molecule has 1 aromatic carbocycles. The average Bonchev–Trinajstić information content (AvgIpc) is 3.30. The van der Waals surface area contributed by atoms with Crippen molar-refractivity contribution >= 4 is 47.3 Å². The normalized spacial score (nSPS) is 12.9. The Morgan fingerprint density at radius 3 is 2.16 bits per heavy atom. The molecule has 16 nitrogen and oxygen atoms in total. The van der Waals surface area contributed by atoms with Crippen LogP contribution < -0.4 is 21.7 Å². The molecular weight excluding hydrogens is 580 g/mol. The third kappa shape index (κ3) is 13.2. The van der Waals surface area contributed by atoms with Crippen LogP contribution in [-0.4, -0.2) is 108 Å². The van der Waals surface area contributed by atoms with Crippen LogP contribution in [0, 0.1) is 0 Å². The first-order valence-electron chi connectivity index (χ1n) is 13.7. The van der Waals surface area contributed by atoms with Crippen molar-refractivity contribution in [3.05, 3.63) is 48.0 Å². The van der Waals surface area contributed by atoms with Gasteiger partial charge in [0.25, 0.3) is 11.8 Å². The lowest BCUT2D eigenvalue weighted by Crippen LogP contribution is -2.54. The number of amides is 7. The van der Waals surface area contributed by atoms with Crippen LogP contribution in [0.5, 0.6) is 0 Å². The minimum Gasteiger partial charge on any atom is -0.480 e. The number of rotatable bonds is 20. The summed E-state index contributed by atoms with van der Waals surface area (Å²) in [5.74, 6) is -5.46. The third-order valence-electron chi connectivity index (χ3n) is 6.13. The van der Waals surface area contributed by atoms with E-state index in [9.17, 15) is 38.4 Å². The number of primary amides is 1. The van der Waals surface area contributed by atoms with Crippen LogP contribution in [0.25, 0.3) is 0 Å². The Morgan fingerprint density at radius 1 is 0.886 bits per heavy atom. The summed E-state index contributed by atoms with van der Waals surface area (Å²) in [6, 6.07) is 7.41. The van der Waals surface area contributed by atoms with Crippen LogP contribution in [0.1, 0.15) is 31.2 Å². The number of nitrogens with one attached hydrogen (secondary N) is 3. The second-order valence-corrected chi connectivity index (χ2v) is 9.71. The topological polar surface area (TPSA) is 235 Å². The van der Waals surface area contributed by atoms with Gasteiger partial charge >= 0.3 is 5.97 Å². The van der Waals surface area contributed by atoms with Gasteiger partial charge in [0.2, 0.25) is 29.5 Å². The van der Waals surface area contributed by atoms with Crippen LogP contribution in [0.4, 0.5) is 0 Å². The number of carbonyl (C=O) groups is 8. The Morgan fingerprint density at radius 2 is 1.52 bits per heavy atom. The molecule has 1 heterocycles. The number of nitrogens with zero attached hydrogens (tertiary/aromatic N) is 2. The largest absolute Gasteiger partial charge is 0.480 e. The van der Waals surface area contributed by atoms with Gasteiger partial charge in [-0.25, -0.2) is 4.79 Å². The van der Waals surface area contributed by atoms with E-state index in [-0.39, 0.29) is 31.2 Å². The fourth-order valence-corrected chi connectivity index (χ4v) is 4.03. The van der Waals surface area contributed by atoms with Crippen molar-refractivity contribution in [3.8, 4) is 0 Å². The van der Waals surface area contributed by atoms with Crippen LogP contribution in [-0.2, 0) is 49.5 Å². The number of carboxylic acid groups (broad SMARTS) is 1. The molecule has 44 heavy (non-hydrogen) atoms. The van der Waals surface area contributed by atoms with Gasteiger partial charge < -0.3 is 36.4 Å². The zero-order chi connectivity index (χ0) is 32.5. The molecular formula is C28H36N6O10. The minimum atomic E-state index is -1.29. The van der Waals surface area contributed by atoms with E-state index < -0.39 is 74.5 Å². The van der Waals surface area contributed by atoms with E-state index in [1.54, 1.807) is 30.3 Å². The maximum Gasteiger partial charge on any atom is 0.329 e. The lowest BCUT2D eigenvalue weighted by molar-refractivity contribution is -0.150. The maximum atomic E-state index is 13.2. The molecule has 1 atom stereocenters. The number of carboxylic acids is 1. The van der Waals surface area contributed by atoms with Crippen molar-refractivity contribution in [2.45, 2.75) is 38.1 Å². The number of benzene rings is 1. The van der Waals surface area contributed by atoms with E-state index in [0.29, 0.717) is 24.8 Å². The summed E-state index contributed by atoms with van der Waals surface area (Å²) in [6.45, 7) is -2.56. The van der Waals surface area contributed by atoms with Gasteiger partial charge in [-0.1, -0.05) is 36.8 Å². The monoisotopic (exact) mass is 616 g/mol. The molecule has 1 aliphatic heterocycles. The Hall–Kier alpha value is -5.12. The van der Waals surface area contributed by atoms with E-state index in [1.165, 1.54) is 12.2 Å². The molecule has 238 valence electrons. The van der Waals surface area contributed by atoms with Gasteiger partial charge in [-0.15, -0.1) is 0 Å². The summed E-state index contributed by atoms with van der Waals surface area (Å²) in [5.41, 5.74) is 5.89. The quantitative estimate of drug-likeness (QED) is 0.0602. The van der Waals surface area contributed by atoms with Gasteiger partial charge in [0.15, 0.2) is 0 Å². The fourth-order valence-electron chi connectivity index (χ4n) is 4.03. The number of ether oxygens (including phenoxy) is 1. The number of carbonyl (C=O) groups excluding carboxylic acids is 7. The molecule has 0 radical (unpaired) electrons. The zero-order valence-corrected chi connectivity index (χ0v) is 24.0. The van der Waals surface area contributed by atoms with Crippen molar-refractivity contribution < 1.29 is 48.2 Å². The van der Waals surface area contributed by atoms with Crippen LogP contribution in [0.3, 0.4) is 0 Å². The molecule has 6 N–H and O–H groups in total. The summed E-state index contributed by atoms with van der Waals surface area (Å²) >= 11 is 0. The van der Waals surface area contributed by atoms with Crippen molar-refractivity contribution in [2.24, 2.45) is 5.73 Å². The lowest BCUT2D eigenvalue weighted by atomic mass is 10.0. The highest BCUT2D eigenvalue weighted by atomic mass is 16.5. The second kappa shape index (κ2) is 18.4.